The molecule has 1 N–H and O–H groups in total. The van der Waals surface area contributed by atoms with Crippen LogP contribution in [0.15, 0.2) is 30.5 Å². The van der Waals surface area contributed by atoms with Crippen LogP contribution in [0.1, 0.15) is 97.5 Å². The molecule has 1 saturated carbocycles. The van der Waals surface area contributed by atoms with Crippen LogP contribution >= 0.6 is 0 Å². The Morgan fingerprint density at radius 3 is 2.53 bits per heavy atom. The minimum Gasteiger partial charge on any atom is -0.488 e. The van der Waals surface area contributed by atoms with Gasteiger partial charge in [0.15, 0.2) is 0 Å². The van der Waals surface area contributed by atoms with Crippen LogP contribution in [0.5, 0.6) is 5.75 Å². The topological polar surface area (TPSA) is 54.5 Å². The molecular formula is C33H51N3O2. The predicted octanol–water partition coefficient (Wildman–Crippen LogP) is 7.17. The Balaban J connectivity index is 1.23. The van der Waals surface area contributed by atoms with Gasteiger partial charge in [-0.25, -0.2) is 0 Å². The van der Waals surface area contributed by atoms with Crippen molar-refractivity contribution in [3.8, 4) is 5.75 Å². The zero-order valence-electron chi connectivity index (χ0n) is 24.4. The monoisotopic (exact) mass is 521 g/mol. The number of ether oxygens (including phenoxy) is 1. The normalized spacial score (nSPS) is 21.5. The lowest BCUT2D eigenvalue weighted by Gasteiger charge is -2.36. The van der Waals surface area contributed by atoms with Crippen molar-refractivity contribution in [3.05, 3.63) is 36.0 Å². The standard InChI is InChI=1S/C33H51N3O2/c1-5-6-7-8-10-26-21-28-11-9-18-34-31(28)30(22-26)38-29-16-19-36(20-17-29)23-25-12-14-27(15-13-25)32(37)35-24-33(2,3)4/h9,11,18,21-22,25,27,29H,5-8,10,12-17,19-20,23-24H2,1-4H3,(H,35,37)/t25-,27-. The SMILES string of the molecule is CCCCCCc1cc(OC2CCN(C[C@H]3CC[C@H](C(=O)NCC(C)(C)C)CC3)CC2)c2ncccc2c1. The summed E-state index contributed by atoms with van der Waals surface area (Å²) in [4.78, 5) is 19.9. The molecule has 0 unspecified atom stereocenters. The van der Waals surface area contributed by atoms with Crippen LogP contribution < -0.4 is 10.1 Å². The van der Waals surface area contributed by atoms with Gasteiger partial charge in [-0.1, -0.05) is 53.0 Å². The summed E-state index contributed by atoms with van der Waals surface area (Å²) < 4.78 is 6.63. The summed E-state index contributed by atoms with van der Waals surface area (Å²) in [5.41, 5.74) is 2.51. The third-order valence-electron chi connectivity index (χ3n) is 8.40. The highest BCUT2D eigenvalue weighted by atomic mass is 16.5. The molecule has 1 amide bonds. The van der Waals surface area contributed by atoms with Crippen molar-refractivity contribution in [2.45, 2.75) is 104 Å². The van der Waals surface area contributed by atoms with Gasteiger partial charge in [0.05, 0.1) is 0 Å². The molecule has 2 aromatic rings. The number of pyridine rings is 1. The van der Waals surface area contributed by atoms with Crippen molar-refractivity contribution in [3.63, 3.8) is 0 Å². The number of benzene rings is 1. The summed E-state index contributed by atoms with van der Waals surface area (Å²) in [7, 11) is 0. The molecule has 2 fully saturated rings. The second-order valence-electron chi connectivity index (χ2n) is 13.1. The summed E-state index contributed by atoms with van der Waals surface area (Å²) in [5, 5.41) is 4.37. The number of likely N-dealkylation sites (tertiary alicyclic amines) is 1. The van der Waals surface area contributed by atoms with E-state index < -0.39 is 0 Å². The fraction of sp³-hybridized carbons (Fsp3) is 0.697. The Morgan fingerprint density at radius 2 is 1.82 bits per heavy atom. The van der Waals surface area contributed by atoms with Gasteiger partial charge >= 0.3 is 0 Å². The molecule has 2 aliphatic rings. The number of rotatable bonds is 11. The summed E-state index contributed by atoms with van der Waals surface area (Å²) in [6.45, 7) is 12.9. The molecule has 0 bridgehead atoms. The van der Waals surface area contributed by atoms with Gasteiger partial charge in [-0.2, -0.15) is 0 Å². The summed E-state index contributed by atoms with van der Waals surface area (Å²) in [6, 6.07) is 8.74. The lowest BCUT2D eigenvalue weighted by molar-refractivity contribution is -0.126. The number of nitrogens with zero attached hydrogens (tertiary/aromatic N) is 2. The molecule has 0 atom stereocenters. The van der Waals surface area contributed by atoms with Gasteiger partial charge in [-0.3, -0.25) is 9.78 Å². The van der Waals surface area contributed by atoms with E-state index in [0.717, 1.165) is 68.9 Å². The van der Waals surface area contributed by atoms with Crippen molar-refractivity contribution in [2.75, 3.05) is 26.2 Å². The van der Waals surface area contributed by atoms with Crippen molar-refractivity contribution < 1.29 is 9.53 Å². The van der Waals surface area contributed by atoms with Crippen LogP contribution in [-0.2, 0) is 11.2 Å². The molecule has 0 spiro atoms. The molecule has 1 aliphatic carbocycles. The average Bonchev–Trinajstić information content (AvgIpc) is 2.91. The van der Waals surface area contributed by atoms with Crippen molar-refractivity contribution in [1.82, 2.24) is 15.2 Å². The highest BCUT2D eigenvalue weighted by Crippen LogP contribution is 2.32. The van der Waals surface area contributed by atoms with Gasteiger partial charge in [-0.15, -0.1) is 0 Å². The molecule has 38 heavy (non-hydrogen) atoms. The van der Waals surface area contributed by atoms with Crippen LogP contribution in [0.4, 0.5) is 0 Å². The van der Waals surface area contributed by atoms with E-state index in [1.807, 2.05) is 12.3 Å². The molecule has 1 aromatic carbocycles. The summed E-state index contributed by atoms with van der Waals surface area (Å²) >= 11 is 0. The predicted molar refractivity (Wildman–Crippen MR) is 158 cm³/mol. The maximum absolute atomic E-state index is 12.6. The van der Waals surface area contributed by atoms with E-state index in [9.17, 15) is 4.79 Å². The summed E-state index contributed by atoms with van der Waals surface area (Å²) in [5.74, 6) is 2.16. The number of piperidine rings is 1. The van der Waals surface area contributed by atoms with Gasteiger partial charge in [0, 0.05) is 43.7 Å². The molecule has 1 aromatic heterocycles. The lowest BCUT2D eigenvalue weighted by Crippen LogP contribution is -2.42. The number of aromatic nitrogens is 1. The molecule has 5 nitrogen and oxygen atoms in total. The average molecular weight is 522 g/mol. The zero-order chi connectivity index (χ0) is 27.0. The molecule has 2 heterocycles. The molecule has 1 aliphatic heterocycles. The number of amides is 1. The van der Waals surface area contributed by atoms with E-state index in [0.29, 0.717) is 0 Å². The van der Waals surface area contributed by atoms with Crippen LogP contribution in [0, 0.1) is 17.3 Å². The van der Waals surface area contributed by atoms with E-state index in [2.05, 4.69) is 61.1 Å². The van der Waals surface area contributed by atoms with E-state index in [1.165, 1.54) is 56.0 Å². The quantitative estimate of drug-likeness (QED) is 0.319. The summed E-state index contributed by atoms with van der Waals surface area (Å²) in [6.07, 6.45) is 14.9. The van der Waals surface area contributed by atoms with Crippen LogP contribution in [-0.4, -0.2) is 48.1 Å². The first-order valence-corrected chi connectivity index (χ1v) is 15.3. The molecule has 210 valence electrons. The smallest absolute Gasteiger partial charge is 0.223 e. The number of fused-ring (bicyclic) bond motifs is 1. The van der Waals surface area contributed by atoms with Crippen molar-refractivity contribution >= 4 is 16.8 Å². The minimum absolute atomic E-state index is 0.142. The fourth-order valence-corrected chi connectivity index (χ4v) is 6.07. The second kappa shape index (κ2) is 13.8. The first kappa shape index (κ1) is 28.9. The first-order chi connectivity index (χ1) is 18.3. The first-order valence-electron chi connectivity index (χ1n) is 15.3. The highest BCUT2D eigenvalue weighted by Gasteiger charge is 2.29. The van der Waals surface area contributed by atoms with Gasteiger partial charge in [-0.05, 0) is 86.5 Å². The fourth-order valence-electron chi connectivity index (χ4n) is 6.07. The van der Waals surface area contributed by atoms with E-state index in [4.69, 9.17) is 4.74 Å². The number of hydrogen-bond acceptors (Lipinski definition) is 4. The van der Waals surface area contributed by atoms with Crippen LogP contribution in [0.3, 0.4) is 0 Å². The number of nitrogens with one attached hydrogen (secondary N) is 1. The molecule has 4 rings (SSSR count). The second-order valence-corrected chi connectivity index (χ2v) is 13.1. The van der Waals surface area contributed by atoms with Gasteiger partial charge < -0.3 is 15.0 Å². The highest BCUT2D eigenvalue weighted by molar-refractivity contribution is 5.85. The molecular weight excluding hydrogens is 470 g/mol. The Hall–Kier alpha value is -2.14. The largest absolute Gasteiger partial charge is 0.488 e. The van der Waals surface area contributed by atoms with Crippen LogP contribution in [0.2, 0.25) is 0 Å². The number of carbonyl (C=O) groups is 1. The Labute approximate surface area is 231 Å². The van der Waals surface area contributed by atoms with Gasteiger partial charge in [0.2, 0.25) is 5.91 Å². The van der Waals surface area contributed by atoms with Crippen molar-refractivity contribution in [1.29, 1.82) is 0 Å². The number of aryl methyl sites for hydroxylation is 1. The zero-order valence-corrected chi connectivity index (χ0v) is 24.4. The van der Waals surface area contributed by atoms with Crippen molar-refractivity contribution in [2.24, 2.45) is 17.3 Å². The number of carbonyl (C=O) groups excluding carboxylic acids is 1. The van der Waals surface area contributed by atoms with Gasteiger partial charge in [0.1, 0.15) is 17.4 Å². The molecule has 5 heteroatoms. The van der Waals surface area contributed by atoms with Gasteiger partial charge in [0.25, 0.3) is 0 Å². The van der Waals surface area contributed by atoms with E-state index >= 15 is 0 Å². The number of unbranched alkanes of at least 4 members (excludes halogenated alkanes) is 3. The van der Waals surface area contributed by atoms with Crippen LogP contribution in [0.25, 0.3) is 10.9 Å². The Bertz CT molecular complexity index is 1010. The Morgan fingerprint density at radius 1 is 1.05 bits per heavy atom. The Kier molecular flexibility index (Phi) is 10.5. The maximum Gasteiger partial charge on any atom is 0.223 e. The van der Waals surface area contributed by atoms with E-state index in [1.54, 1.807) is 0 Å². The third kappa shape index (κ3) is 8.69. The molecule has 0 radical (unpaired) electrons. The molecule has 1 saturated heterocycles. The maximum atomic E-state index is 12.6. The third-order valence-corrected chi connectivity index (χ3v) is 8.40. The van der Waals surface area contributed by atoms with E-state index in [-0.39, 0.29) is 23.3 Å². The minimum atomic E-state index is 0.142. The lowest BCUT2D eigenvalue weighted by atomic mass is 9.81. The number of hydrogen-bond donors (Lipinski definition) is 1.